The number of hydrogen-bond donors (Lipinski definition) is 2. The molecule has 1 rings (SSSR count). The van der Waals surface area contributed by atoms with Crippen LogP contribution >= 0.6 is 47.3 Å². The molecule has 5 nitrogen and oxygen atoms in total. The second-order valence-corrected chi connectivity index (χ2v) is 6.21. The molecule has 1 aromatic carbocycles. The van der Waals surface area contributed by atoms with Gasteiger partial charge in [-0.1, -0.05) is 18.5 Å². The highest BCUT2D eigenvalue weighted by Gasteiger charge is 2.13. The van der Waals surface area contributed by atoms with E-state index in [9.17, 15) is 4.79 Å². The summed E-state index contributed by atoms with van der Waals surface area (Å²) in [5.41, 5.74) is 0. The summed E-state index contributed by atoms with van der Waals surface area (Å²) in [7, 11) is 3.09. The van der Waals surface area contributed by atoms with Crippen LogP contribution in [-0.2, 0) is 9.53 Å². The average Bonchev–Trinajstić information content (AvgIpc) is 2.54. The lowest BCUT2D eigenvalue weighted by Crippen LogP contribution is -2.41. The molecular formula is C15H23ClIN3O2S. The maximum absolute atomic E-state index is 11.3. The molecular weight excluding hydrogens is 449 g/mol. The number of carbonyl (C=O) groups excluding carboxylic acids is 1. The summed E-state index contributed by atoms with van der Waals surface area (Å²) in [6.45, 7) is 3.05. The first-order valence-corrected chi connectivity index (χ1v) is 8.34. The van der Waals surface area contributed by atoms with E-state index in [1.54, 1.807) is 18.8 Å². The van der Waals surface area contributed by atoms with Crippen LogP contribution in [0.3, 0.4) is 0 Å². The molecule has 0 spiro atoms. The average molecular weight is 472 g/mol. The van der Waals surface area contributed by atoms with Gasteiger partial charge in [-0.25, -0.2) is 0 Å². The van der Waals surface area contributed by atoms with Crippen molar-refractivity contribution in [2.24, 2.45) is 10.9 Å². The maximum Gasteiger partial charge on any atom is 0.310 e. The van der Waals surface area contributed by atoms with Crippen molar-refractivity contribution in [1.82, 2.24) is 10.6 Å². The second-order valence-electron chi connectivity index (χ2n) is 4.61. The topological polar surface area (TPSA) is 62.7 Å². The van der Waals surface area contributed by atoms with Gasteiger partial charge in [-0.2, -0.15) is 0 Å². The van der Waals surface area contributed by atoms with Gasteiger partial charge in [0.15, 0.2) is 5.96 Å². The first kappa shape index (κ1) is 22.3. The highest BCUT2D eigenvalue weighted by Crippen LogP contribution is 2.19. The van der Waals surface area contributed by atoms with Gasteiger partial charge in [0, 0.05) is 35.8 Å². The van der Waals surface area contributed by atoms with Gasteiger partial charge >= 0.3 is 5.97 Å². The number of carbonyl (C=O) groups is 1. The number of esters is 1. The molecule has 0 amide bonds. The van der Waals surface area contributed by atoms with E-state index >= 15 is 0 Å². The Balaban J connectivity index is 0.00000484. The third-order valence-electron chi connectivity index (χ3n) is 2.88. The first-order chi connectivity index (χ1) is 10.6. The number of thioether (sulfide) groups is 1. The summed E-state index contributed by atoms with van der Waals surface area (Å²) >= 11 is 7.58. The fourth-order valence-electron chi connectivity index (χ4n) is 1.62. The number of nitrogens with one attached hydrogen (secondary N) is 2. The number of hydrogen-bond acceptors (Lipinski definition) is 4. The van der Waals surface area contributed by atoms with Crippen LogP contribution in [0.25, 0.3) is 0 Å². The molecule has 0 aromatic heterocycles. The van der Waals surface area contributed by atoms with Crippen molar-refractivity contribution >= 4 is 59.3 Å². The smallest absolute Gasteiger partial charge is 0.310 e. The van der Waals surface area contributed by atoms with Crippen molar-refractivity contribution in [1.29, 1.82) is 0 Å². The minimum absolute atomic E-state index is 0. The Bertz CT molecular complexity index is 500. The van der Waals surface area contributed by atoms with Crippen LogP contribution in [0, 0.1) is 5.92 Å². The minimum Gasteiger partial charge on any atom is -0.469 e. The van der Waals surface area contributed by atoms with Crippen molar-refractivity contribution in [3.8, 4) is 0 Å². The van der Waals surface area contributed by atoms with Crippen LogP contribution in [0.5, 0.6) is 0 Å². The standard InChI is InChI=1S/C15H22ClN3O2S.HI/c1-11(14(20)21-3)10-19-15(17-2)18-8-9-22-13-6-4-12(16)5-7-13;/h4-7,11H,8-10H2,1-3H3,(H2,17,18,19);1H. The summed E-state index contributed by atoms with van der Waals surface area (Å²) in [4.78, 5) is 16.6. The quantitative estimate of drug-likeness (QED) is 0.160. The zero-order valence-electron chi connectivity index (χ0n) is 13.5. The van der Waals surface area contributed by atoms with E-state index < -0.39 is 0 Å². The summed E-state index contributed by atoms with van der Waals surface area (Å²) in [5, 5.41) is 7.05. The van der Waals surface area contributed by atoms with E-state index in [1.807, 2.05) is 31.2 Å². The summed E-state index contributed by atoms with van der Waals surface area (Å²) in [5.74, 6) is 1.12. The number of rotatable bonds is 7. The van der Waals surface area contributed by atoms with Crippen molar-refractivity contribution in [2.45, 2.75) is 11.8 Å². The van der Waals surface area contributed by atoms with Crippen LogP contribution in [0.2, 0.25) is 5.02 Å². The molecule has 0 radical (unpaired) electrons. The molecule has 0 aliphatic carbocycles. The van der Waals surface area contributed by atoms with Crippen LogP contribution in [0.1, 0.15) is 6.92 Å². The molecule has 8 heteroatoms. The number of aliphatic imine (C=N–C) groups is 1. The number of guanidine groups is 1. The van der Waals surface area contributed by atoms with Crippen molar-refractivity contribution in [3.63, 3.8) is 0 Å². The number of ether oxygens (including phenoxy) is 1. The van der Waals surface area contributed by atoms with E-state index in [1.165, 1.54) is 12.0 Å². The first-order valence-electron chi connectivity index (χ1n) is 6.97. The van der Waals surface area contributed by atoms with Gasteiger partial charge in [0.1, 0.15) is 0 Å². The Morgan fingerprint density at radius 1 is 1.35 bits per heavy atom. The molecule has 2 N–H and O–H groups in total. The van der Waals surface area contributed by atoms with E-state index in [0.717, 1.165) is 17.3 Å². The normalized spacial score (nSPS) is 12.1. The summed E-state index contributed by atoms with van der Waals surface area (Å²) in [6, 6.07) is 7.76. The third-order valence-corrected chi connectivity index (χ3v) is 4.15. The molecule has 0 heterocycles. The van der Waals surface area contributed by atoms with Crippen LogP contribution in [0.4, 0.5) is 0 Å². The van der Waals surface area contributed by atoms with Crippen LogP contribution < -0.4 is 10.6 Å². The lowest BCUT2D eigenvalue weighted by Gasteiger charge is -2.14. The van der Waals surface area contributed by atoms with Gasteiger partial charge in [-0.15, -0.1) is 35.7 Å². The molecule has 0 aliphatic rings. The molecule has 0 saturated carbocycles. The van der Waals surface area contributed by atoms with Gasteiger partial charge in [0.05, 0.1) is 13.0 Å². The highest BCUT2D eigenvalue weighted by molar-refractivity contribution is 14.0. The Morgan fingerprint density at radius 2 is 2.00 bits per heavy atom. The zero-order chi connectivity index (χ0) is 16.4. The molecule has 23 heavy (non-hydrogen) atoms. The van der Waals surface area contributed by atoms with E-state index in [2.05, 4.69) is 20.4 Å². The molecule has 130 valence electrons. The molecule has 0 fully saturated rings. The lowest BCUT2D eigenvalue weighted by molar-refractivity contribution is -0.144. The number of methoxy groups -OCH3 is 1. The SMILES string of the molecule is CN=C(NCCSc1ccc(Cl)cc1)NCC(C)C(=O)OC.I. The Morgan fingerprint density at radius 3 is 2.57 bits per heavy atom. The third kappa shape index (κ3) is 9.26. The van der Waals surface area contributed by atoms with E-state index in [0.29, 0.717) is 12.5 Å². The second kappa shape index (κ2) is 12.7. The van der Waals surface area contributed by atoms with Gasteiger partial charge in [0.2, 0.25) is 0 Å². The largest absolute Gasteiger partial charge is 0.469 e. The van der Waals surface area contributed by atoms with Crippen molar-refractivity contribution in [3.05, 3.63) is 29.3 Å². The zero-order valence-corrected chi connectivity index (χ0v) is 17.4. The fraction of sp³-hybridized carbons (Fsp3) is 0.467. The van der Waals surface area contributed by atoms with Gasteiger partial charge in [0.25, 0.3) is 0 Å². The molecule has 1 aromatic rings. The number of benzene rings is 1. The Hall–Kier alpha value is -0.670. The van der Waals surface area contributed by atoms with Crippen LogP contribution in [-0.4, -0.2) is 44.9 Å². The number of halogens is 2. The monoisotopic (exact) mass is 471 g/mol. The predicted octanol–water partition coefficient (Wildman–Crippen LogP) is 3.02. The Kier molecular flexibility index (Phi) is 12.3. The van der Waals surface area contributed by atoms with Crippen molar-refractivity contribution in [2.75, 3.05) is 33.0 Å². The van der Waals surface area contributed by atoms with Gasteiger partial charge < -0.3 is 15.4 Å². The molecule has 0 bridgehead atoms. The summed E-state index contributed by atoms with van der Waals surface area (Å²) in [6.07, 6.45) is 0. The Labute approximate surface area is 164 Å². The van der Waals surface area contributed by atoms with Crippen LogP contribution in [0.15, 0.2) is 34.2 Å². The van der Waals surface area contributed by atoms with E-state index in [4.69, 9.17) is 11.6 Å². The number of nitrogens with zero attached hydrogens (tertiary/aromatic N) is 1. The maximum atomic E-state index is 11.3. The van der Waals surface area contributed by atoms with Gasteiger partial charge in [-0.3, -0.25) is 9.79 Å². The predicted molar refractivity (Wildman–Crippen MR) is 108 cm³/mol. The molecule has 0 aliphatic heterocycles. The molecule has 1 unspecified atom stereocenters. The molecule has 1 atom stereocenters. The molecule has 0 saturated heterocycles. The van der Waals surface area contributed by atoms with Crippen molar-refractivity contribution < 1.29 is 9.53 Å². The van der Waals surface area contributed by atoms with Gasteiger partial charge in [-0.05, 0) is 24.3 Å². The van der Waals surface area contributed by atoms with E-state index in [-0.39, 0.29) is 35.9 Å². The fourth-order valence-corrected chi connectivity index (χ4v) is 2.52. The summed E-state index contributed by atoms with van der Waals surface area (Å²) < 4.78 is 4.68. The lowest BCUT2D eigenvalue weighted by atomic mass is 10.2. The highest BCUT2D eigenvalue weighted by atomic mass is 127. The minimum atomic E-state index is -0.235.